The molecule has 20 heavy (non-hydrogen) atoms. The minimum absolute atomic E-state index is 0.342. The summed E-state index contributed by atoms with van der Waals surface area (Å²) < 4.78 is 0. The van der Waals surface area contributed by atoms with E-state index in [1.807, 2.05) is 24.3 Å². The topological polar surface area (TPSA) is 23.5 Å². The molecule has 0 bridgehead atoms. The van der Waals surface area contributed by atoms with Crippen LogP contribution < -0.4 is 0 Å². The Labute approximate surface area is 127 Å². The molecule has 1 aromatic rings. The van der Waals surface area contributed by atoms with E-state index in [2.05, 4.69) is 17.1 Å². The van der Waals surface area contributed by atoms with Crippen molar-refractivity contribution in [2.75, 3.05) is 26.2 Å². The van der Waals surface area contributed by atoms with Crippen molar-refractivity contribution in [1.82, 2.24) is 4.90 Å². The van der Waals surface area contributed by atoms with Crippen molar-refractivity contribution in [1.29, 1.82) is 0 Å². The molecular weight excluding hydrogens is 270 g/mol. The van der Waals surface area contributed by atoms with Gasteiger partial charge in [0.05, 0.1) is 0 Å². The van der Waals surface area contributed by atoms with Gasteiger partial charge in [0.1, 0.15) is 0 Å². The van der Waals surface area contributed by atoms with Crippen LogP contribution in [0.4, 0.5) is 0 Å². The molecule has 1 N–H and O–H groups in total. The Balaban J connectivity index is 1.65. The lowest BCUT2D eigenvalue weighted by atomic mass is 9.94. The molecular formula is C17H24ClNO. The van der Waals surface area contributed by atoms with Gasteiger partial charge >= 0.3 is 0 Å². The maximum absolute atomic E-state index is 8.95. The van der Waals surface area contributed by atoms with Crippen molar-refractivity contribution >= 4 is 17.7 Å². The fourth-order valence-corrected chi connectivity index (χ4v) is 2.86. The smallest absolute Gasteiger partial charge is 0.0433 e. The number of likely N-dealkylation sites (tertiary alicyclic amines) is 1. The van der Waals surface area contributed by atoms with Gasteiger partial charge in [0.25, 0.3) is 0 Å². The van der Waals surface area contributed by atoms with Crippen LogP contribution in [0.15, 0.2) is 30.3 Å². The van der Waals surface area contributed by atoms with Crippen LogP contribution in [0.5, 0.6) is 0 Å². The first-order chi connectivity index (χ1) is 9.78. The number of piperidine rings is 1. The summed E-state index contributed by atoms with van der Waals surface area (Å²) in [5, 5.41) is 9.74. The van der Waals surface area contributed by atoms with Crippen molar-refractivity contribution in [3.8, 4) is 0 Å². The van der Waals surface area contributed by atoms with Gasteiger partial charge < -0.3 is 10.0 Å². The van der Waals surface area contributed by atoms with Crippen LogP contribution in [0.25, 0.3) is 6.08 Å². The predicted molar refractivity (Wildman–Crippen MR) is 86.0 cm³/mol. The van der Waals surface area contributed by atoms with E-state index in [4.69, 9.17) is 16.7 Å². The Morgan fingerprint density at radius 3 is 2.55 bits per heavy atom. The Hall–Kier alpha value is -0.830. The van der Waals surface area contributed by atoms with Crippen LogP contribution in [0.1, 0.15) is 31.2 Å². The summed E-state index contributed by atoms with van der Waals surface area (Å²) in [6, 6.07) is 7.93. The molecule has 0 unspecified atom stereocenters. The van der Waals surface area contributed by atoms with Crippen molar-refractivity contribution in [2.24, 2.45) is 5.92 Å². The average Bonchev–Trinajstić information content (AvgIpc) is 2.47. The number of rotatable bonds is 6. The molecule has 1 heterocycles. The Bertz CT molecular complexity index is 408. The third-order valence-corrected chi connectivity index (χ3v) is 4.29. The summed E-state index contributed by atoms with van der Waals surface area (Å²) in [6.45, 7) is 3.84. The van der Waals surface area contributed by atoms with Crippen LogP contribution in [-0.4, -0.2) is 36.2 Å². The van der Waals surface area contributed by atoms with Crippen molar-refractivity contribution < 1.29 is 5.11 Å². The van der Waals surface area contributed by atoms with E-state index in [1.165, 1.54) is 31.5 Å². The fraction of sp³-hybridized carbons (Fsp3) is 0.529. The summed E-state index contributed by atoms with van der Waals surface area (Å²) >= 11 is 5.86. The molecule has 1 aromatic carbocycles. The molecule has 3 heteroatoms. The lowest BCUT2D eigenvalue weighted by Crippen LogP contribution is -2.34. The lowest BCUT2D eigenvalue weighted by molar-refractivity contribution is 0.160. The first kappa shape index (κ1) is 15.6. The van der Waals surface area contributed by atoms with Gasteiger partial charge in [0.2, 0.25) is 0 Å². The molecule has 0 amide bonds. The molecule has 110 valence electrons. The minimum atomic E-state index is 0.342. The highest BCUT2D eigenvalue weighted by Gasteiger charge is 2.17. The highest BCUT2D eigenvalue weighted by molar-refractivity contribution is 6.30. The first-order valence-corrected chi connectivity index (χ1v) is 7.91. The molecule has 0 radical (unpaired) electrons. The van der Waals surface area contributed by atoms with E-state index in [1.54, 1.807) is 0 Å². The molecule has 0 aliphatic carbocycles. The Kier molecular flexibility index (Phi) is 6.58. The zero-order valence-electron chi connectivity index (χ0n) is 12.0. The molecule has 1 fully saturated rings. The van der Waals surface area contributed by atoms with Crippen LogP contribution in [0, 0.1) is 5.92 Å². The number of aliphatic hydroxyl groups excluding tert-OH is 1. The SMILES string of the molecule is OCCC1CCN(CCC=Cc2ccc(Cl)cc2)CC1. The van der Waals surface area contributed by atoms with E-state index in [-0.39, 0.29) is 0 Å². The first-order valence-electron chi connectivity index (χ1n) is 7.53. The van der Waals surface area contributed by atoms with Gasteiger partial charge in [-0.25, -0.2) is 0 Å². The van der Waals surface area contributed by atoms with Crippen LogP contribution in [0.3, 0.4) is 0 Å². The number of hydrogen-bond donors (Lipinski definition) is 1. The molecule has 2 nitrogen and oxygen atoms in total. The molecule has 0 atom stereocenters. The number of nitrogens with zero attached hydrogens (tertiary/aromatic N) is 1. The molecule has 1 aliphatic rings. The van der Waals surface area contributed by atoms with E-state index >= 15 is 0 Å². The van der Waals surface area contributed by atoms with Gasteiger partial charge in [-0.2, -0.15) is 0 Å². The Morgan fingerprint density at radius 1 is 1.20 bits per heavy atom. The van der Waals surface area contributed by atoms with Gasteiger partial charge in [0.15, 0.2) is 0 Å². The van der Waals surface area contributed by atoms with Crippen LogP contribution >= 0.6 is 11.6 Å². The monoisotopic (exact) mass is 293 g/mol. The van der Waals surface area contributed by atoms with Gasteiger partial charge in [-0.1, -0.05) is 35.9 Å². The van der Waals surface area contributed by atoms with Gasteiger partial charge in [-0.05, 0) is 62.4 Å². The molecule has 0 aromatic heterocycles. The highest BCUT2D eigenvalue weighted by atomic mass is 35.5. The third-order valence-electron chi connectivity index (χ3n) is 4.04. The Morgan fingerprint density at radius 2 is 1.90 bits per heavy atom. The second-order valence-electron chi connectivity index (χ2n) is 5.54. The quantitative estimate of drug-likeness (QED) is 0.861. The minimum Gasteiger partial charge on any atom is -0.396 e. The summed E-state index contributed by atoms with van der Waals surface area (Å²) in [6.07, 6.45) is 8.94. The second-order valence-corrected chi connectivity index (χ2v) is 5.98. The number of benzene rings is 1. The standard InChI is InChI=1S/C17H24ClNO/c18-17-6-4-15(5-7-17)3-1-2-11-19-12-8-16(9-13-19)10-14-20/h1,3-7,16,20H,2,8-14H2. The maximum atomic E-state index is 8.95. The van der Waals surface area contributed by atoms with Crippen molar-refractivity contribution in [3.05, 3.63) is 40.9 Å². The zero-order chi connectivity index (χ0) is 14.2. The van der Waals surface area contributed by atoms with Gasteiger partial charge in [-0.3, -0.25) is 0 Å². The lowest BCUT2D eigenvalue weighted by Gasteiger charge is -2.31. The molecule has 0 spiro atoms. The summed E-state index contributed by atoms with van der Waals surface area (Å²) in [7, 11) is 0. The van der Waals surface area contributed by atoms with E-state index in [0.29, 0.717) is 6.61 Å². The predicted octanol–water partition coefficient (Wildman–Crippen LogP) is 3.84. The number of hydrogen-bond acceptors (Lipinski definition) is 2. The number of halogens is 1. The second kappa shape index (κ2) is 8.46. The van der Waals surface area contributed by atoms with Crippen molar-refractivity contribution in [2.45, 2.75) is 25.7 Å². The zero-order valence-corrected chi connectivity index (χ0v) is 12.7. The molecule has 1 aliphatic heterocycles. The third kappa shape index (κ3) is 5.28. The normalized spacial score (nSPS) is 17.9. The molecule has 0 saturated carbocycles. The van der Waals surface area contributed by atoms with E-state index < -0.39 is 0 Å². The number of aliphatic hydroxyl groups is 1. The maximum Gasteiger partial charge on any atom is 0.0433 e. The molecule has 2 rings (SSSR count). The molecule has 1 saturated heterocycles. The summed E-state index contributed by atoms with van der Waals surface area (Å²) in [5.41, 5.74) is 1.20. The summed E-state index contributed by atoms with van der Waals surface area (Å²) in [5.74, 6) is 0.737. The largest absolute Gasteiger partial charge is 0.396 e. The fourth-order valence-electron chi connectivity index (χ4n) is 2.73. The van der Waals surface area contributed by atoms with Crippen molar-refractivity contribution in [3.63, 3.8) is 0 Å². The van der Waals surface area contributed by atoms with Crippen LogP contribution in [-0.2, 0) is 0 Å². The van der Waals surface area contributed by atoms with Gasteiger partial charge in [0, 0.05) is 18.2 Å². The highest BCUT2D eigenvalue weighted by Crippen LogP contribution is 2.20. The van der Waals surface area contributed by atoms with E-state index in [9.17, 15) is 0 Å². The van der Waals surface area contributed by atoms with Gasteiger partial charge in [-0.15, -0.1) is 0 Å². The van der Waals surface area contributed by atoms with E-state index in [0.717, 1.165) is 30.3 Å². The van der Waals surface area contributed by atoms with Crippen LogP contribution in [0.2, 0.25) is 5.02 Å². The average molecular weight is 294 g/mol. The summed E-state index contributed by atoms with van der Waals surface area (Å²) in [4.78, 5) is 2.53.